The van der Waals surface area contributed by atoms with Crippen LogP contribution in [-0.2, 0) is 17.6 Å². The average Bonchev–Trinajstić information content (AvgIpc) is 3.36. The summed E-state index contributed by atoms with van der Waals surface area (Å²) in [4.78, 5) is 13.6. The van der Waals surface area contributed by atoms with Crippen molar-refractivity contribution in [2.45, 2.75) is 24.4 Å². The molecule has 0 bridgehead atoms. The monoisotopic (exact) mass is 382 g/mol. The maximum Gasteiger partial charge on any atom is 0.235 e. The van der Waals surface area contributed by atoms with Crippen molar-refractivity contribution in [1.29, 1.82) is 5.26 Å². The Labute approximate surface area is 158 Å². The third kappa shape index (κ3) is 3.21. The number of rotatable bonds is 5. The summed E-state index contributed by atoms with van der Waals surface area (Å²) in [6.45, 7) is 0. The van der Waals surface area contributed by atoms with Gasteiger partial charge in [-0.3, -0.25) is 4.79 Å². The highest BCUT2D eigenvalue weighted by Crippen LogP contribution is 2.38. The third-order valence-corrected chi connectivity index (χ3v) is 6.19. The number of carbonyl (C=O) groups excluding carboxylic acids is 1. The van der Waals surface area contributed by atoms with Crippen molar-refractivity contribution in [2.24, 2.45) is 0 Å². The van der Waals surface area contributed by atoms with Crippen LogP contribution >= 0.6 is 23.1 Å². The van der Waals surface area contributed by atoms with Gasteiger partial charge in [-0.15, -0.1) is 16.4 Å². The van der Waals surface area contributed by atoms with Gasteiger partial charge in [-0.2, -0.15) is 9.94 Å². The first-order valence-electron chi connectivity index (χ1n) is 8.07. The zero-order chi connectivity index (χ0) is 17.9. The van der Waals surface area contributed by atoms with Crippen molar-refractivity contribution in [3.8, 4) is 11.8 Å². The molecule has 0 saturated heterocycles. The molecule has 1 N–H and O–H groups in total. The normalized spacial score (nSPS) is 12.6. The lowest BCUT2D eigenvalue weighted by molar-refractivity contribution is -0.113. The Balaban J connectivity index is 1.43. The number of benzene rings is 1. The predicted octanol–water partition coefficient (Wildman–Crippen LogP) is 2.81. The quantitative estimate of drug-likeness (QED) is 0.682. The van der Waals surface area contributed by atoms with Crippen LogP contribution in [0.25, 0.3) is 5.69 Å². The van der Waals surface area contributed by atoms with Gasteiger partial charge < -0.3 is 5.32 Å². The topological polar surface area (TPSA) is 96.5 Å². The molecule has 2 aromatic heterocycles. The van der Waals surface area contributed by atoms with E-state index in [1.165, 1.54) is 28.0 Å². The highest BCUT2D eigenvalue weighted by Gasteiger charge is 2.23. The minimum atomic E-state index is -0.172. The van der Waals surface area contributed by atoms with E-state index in [-0.39, 0.29) is 11.7 Å². The number of anilines is 1. The van der Waals surface area contributed by atoms with E-state index in [1.807, 2.05) is 30.3 Å². The highest BCUT2D eigenvalue weighted by atomic mass is 32.2. The van der Waals surface area contributed by atoms with Crippen molar-refractivity contribution < 1.29 is 4.79 Å². The highest BCUT2D eigenvalue weighted by molar-refractivity contribution is 7.99. The Morgan fingerprint density at radius 1 is 1.35 bits per heavy atom. The van der Waals surface area contributed by atoms with Crippen LogP contribution in [0.1, 0.15) is 22.4 Å². The molecule has 1 amide bonds. The lowest BCUT2D eigenvalue weighted by atomic mass is 10.1. The Kier molecular flexibility index (Phi) is 4.69. The molecule has 3 aromatic rings. The van der Waals surface area contributed by atoms with E-state index in [9.17, 15) is 10.1 Å². The minimum absolute atomic E-state index is 0.167. The SMILES string of the molecule is N#Cc1c(NC(=O)CSc2nnnn2-c2ccccc2)sc2c1CCC2. The molecule has 2 heterocycles. The molecule has 0 spiro atoms. The molecule has 0 saturated carbocycles. The van der Waals surface area contributed by atoms with Gasteiger partial charge in [-0.25, -0.2) is 0 Å². The molecule has 0 unspecified atom stereocenters. The molecule has 26 heavy (non-hydrogen) atoms. The Hall–Kier alpha value is -2.70. The number of nitrogens with zero attached hydrogens (tertiary/aromatic N) is 5. The van der Waals surface area contributed by atoms with Crippen molar-refractivity contribution in [3.63, 3.8) is 0 Å². The Morgan fingerprint density at radius 3 is 3.00 bits per heavy atom. The smallest absolute Gasteiger partial charge is 0.235 e. The fourth-order valence-corrected chi connectivity index (χ4v) is 4.85. The van der Waals surface area contributed by atoms with E-state index in [0.717, 1.165) is 30.5 Å². The number of thiophene rings is 1. The van der Waals surface area contributed by atoms with Crippen LogP contribution in [0.5, 0.6) is 0 Å². The van der Waals surface area contributed by atoms with Crippen molar-refractivity contribution >= 4 is 34.0 Å². The van der Waals surface area contributed by atoms with Crippen LogP contribution in [0.2, 0.25) is 0 Å². The van der Waals surface area contributed by atoms with Gasteiger partial charge in [0, 0.05) is 4.88 Å². The summed E-state index contributed by atoms with van der Waals surface area (Å²) < 4.78 is 1.60. The number of nitrogens with one attached hydrogen (secondary N) is 1. The number of amides is 1. The summed E-state index contributed by atoms with van der Waals surface area (Å²) in [5.41, 5.74) is 2.56. The second kappa shape index (κ2) is 7.27. The lowest BCUT2D eigenvalue weighted by Crippen LogP contribution is -2.14. The van der Waals surface area contributed by atoms with Crippen LogP contribution in [0, 0.1) is 11.3 Å². The Bertz CT molecular complexity index is 989. The number of para-hydroxylation sites is 1. The largest absolute Gasteiger partial charge is 0.316 e. The van der Waals surface area contributed by atoms with E-state index < -0.39 is 0 Å². The Morgan fingerprint density at radius 2 is 2.19 bits per heavy atom. The van der Waals surface area contributed by atoms with Crippen molar-refractivity contribution in [2.75, 3.05) is 11.1 Å². The van der Waals surface area contributed by atoms with E-state index >= 15 is 0 Å². The predicted molar refractivity (Wildman–Crippen MR) is 99.6 cm³/mol. The molecule has 130 valence electrons. The number of nitriles is 1. The summed E-state index contributed by atoms with van der Waals surface area (Å²) in [6.07, 6.45) is 3.00. The van der Waals surface area contributed by atoms with Gasteiger partial charge >= 0.3 is 0 Å². The minimum Gasteiger partial charge on any atom is -0.316 e. The molecule has 0 aliphatic heterocycles. The number of hydrogen-bond acceptors (Lipinski definition) is 7. The molecule has 1 aromatic carbocycles. The maximum absolute atomic E-state index is 12.3. The van der Waals surface area contributed by atoms with Gasteiger partial charge in [-0.05, 0) is 47.4 Å². The zero-order valence-electron chi connectivity index (χ0n) is 13.7. The van der Waals surface area contributed by atoms with Gasteiger partial charge in [0.15, 0.2) is 0 Å². The first kappa shape index (κ1) is 16.8. The number of fused-ring (bicyclic) bond motifs is 1. The molecular weight excluding hydrogens is 368 g/mol. The van der Waals surface area contributed by atoms with Gasteiger partial charge in [0.25, 0.3) is 0 Å². The first-order chi connectivity index (χ1) is 12.8. The number of aryl methyl sites for hydroxylation is 1. The molecule has 9 heteroatoms. The molecule has 0 atom stereocenters. The first-order valence-corrected chi connectivity index (χ1v) is 9.87. The molecular formula is C17H14N6OS2. The lowest BCUT2D eigenvalue weighted by Gasteiger charge is -2.05. The zero-order valence-corrected chi connectivity index (χ0v) is 15.3. The molecule has 1 aliphatic rings. The molecule has 7 nitrogen and oxygen atoms in total. The summed E-state index contributed by atoms with van der Waals surface area (Å²) in [6, 6.07) is 11.7. The fourth-order valence-electron chi connectivity index (χ4n) is 2.90. The third-order valence-electron chi connectivity index (χ3n) is 4.06. The van der Waals surface area contributed by atoms with Crippen molar-refractivity contribution in [1.82, 2.24) is 20.2 Å². The van der Waals surface area contributed by atoms with Crippen LogP contribution < -0.4 is 5.32 Å². The summed E-state index contributed by atoms with van der Waals surface area (Å²) in [5.74, 6) is -0.00489. The number of aromatic nitrogens is 4. The van der Waals surface area contributed by atoms with E-state index in [2.05, 4.69) is 26.9 Å². The van der Waals surface area contributed by atoms with Crippen LogP contribution in [0.15, 0.2) is 35.5 Å². The average molecular weight is 382 g/mol. The van der Waals surface area contributed by atoms with E-state index in [0.29, 0.717) is 15.7 Å². The van der Waals surface area contributed by atoms with E-state index in [4.69, 9.17) is 0 Å². The number of carbonyl (C=O) groups is 1. The second-order valence-corrected chi connectivity index (χ2v) is 7.77. The molecule has 0 radical (unpaired) electrons. The van der Waals surface area contributed by atoms with Crippen LogP contribution in [0.4, 0.5) is 5.00 Å². The second-order valence-electron chi connectivity index (χ2n) is 5.72. The molecule has 1 aliphatic carbocycles. The number of thioether (sulfide) groups is 1. The van der Waals surface area contributed by atoms with E-state index in [1.54, 1.807) is 4.68 Å². The summed E-state index contributed by atoms with van der Waals surface area (Å²) in [7, 11) is 0. The molecule has 0 fully saturated rings. The maximum atomic E-state index is 12.3. The standard InChI is InChI=1S/C17H14N6OS2/c18-9-13-12-7-4-8-14(12)26-16(13)19-15(24)10-25-17-20-21-22-23(17)11-5-2-1-3-6-11/h1-3,5-6H,4,7-8,10H2,(H,19,24). The summed E-state index contributed by atoms with van der Waals surface area (Å²) in [5, 5.41) is 25.1. The van der Waals surface area contributed by atoms with Gasteiger partial charge in [0.05, 0.1) is 17.0 Å². The number of tetrazole rings is 1. The van der Waals surface area contributed by atoms with Crippen molar-refractivity contribution in [3.05, 3.63) is 46.3 Å². The van der Waals surface area contributed by atoms with Gasteiger partial charge in [0.1, 0.15) is 11.1 Å². The van der Waals surface area contributed by atoms with Crippen LogP contribution in [0.3, 0.4) is 0 Å². The summed E-state index contributed by atoms with van der Waals surface area (Å²) >= 11 is 2.77. The number of hydrogen-bond donors (Lipinski definition) is 1. The van der Waals surface area contributed by atoms with Gasteiger partial charge in [0.2, 0.25) is 11.1 Å². The fraction of sp³-hybridized carbons (Fsp3) is 0.235. The van der Waals surface area contributed by atoms with Crippen LogP contribution in [-0.4, -0.2) is 31.9 Å². The van der Waals surface area contributed by atoms with Gasteiger partial charge in [-0.1, -0.05) is 30.0 Å². The molecule has 4 rings (SSSR count).